The molecule has 18 heavy (non-hydrogen) atoms. The predicted molar refractivity (Wildman–Crippen MR) is 64.2 cm³/mol. The van der Waals surface area contributed by atoms with E-state index in [4.69, 9.17) is 4.52 Å². The van der Waals surface area contributed by atoms with Gasteiger partial charge >= 0.3 is 0 Å². The van der Waals surface area contributed by atoms with Crippen molar-refractivity contribution in [3.05, 3.63) is 41.5 Å². The average Bonchev–Trinajstić information content (AvgIpc) is 2.73. The van der Waals surface area contributed by atoms with E-state index in [1.54, 1.807) is 31.2 Å². The third-order valence-electron chi connectivity index (χ3n) is 2.31. The minimum absolute atomic E-state index is 0.0168. The average molecular weight is 267 g/mol. The molecule has 0 spiro atoms. The topological polar surface area (TPSA) is 85.1 Å². The zero-order valence-electron chi connectivity index (χ0n) is 10.0. The van der Waals surface area contributed by atoms with Gasteiger partial charge in [-0.2, -0.15) is 4.98 Å². The Labute approximate surface area is 105 Å². The molecule has 2 aromatic rings. The zero-order chi connectivity index (χ0) is 13.2. The molecule has 7 heteroatoms. The Balaban J connectivity index is 2.10. The van der Waals surface area contributed by atoms with Crippen molar-refractivity contribution in [3.8, 4) is 0 Å². The van der Waals surface area contributed by atoms with Crippen molar-refractivity contribution in [3.63, 3.8) is 0 Å². The predicted octanol–water partition coefficient (Wildman–Crippen LogP) is 1.16. The van der Waals surface area contributed by atoms with Crippen molar-refractivity contribution in [2.45, 2.75) is 25.3 Å². The van der Waals surface area contributed by atoms with Gasteiger partial charge in [0.05, 0.1) is 11.4 Å². The van der Waals surface area contributed by atoms with Crippen molar-refractivity contribution in [2.24, 2.45) is 0 Å². The number of hydrogen-bond acceptors (Lipinski definition) is 5. The summed E-state index contributed by atoms with van der Waals surface area (Å²) in [6, 6.07) is 6.59. The summed E-state index contributed by atoms with van der Waals surface area (Å²) in [5.41, 5.74) is 1.00. The van der Waals surface area contributed by atoms with Crippen LogP contribution in [-0.2, 0) is 16.6 Å². The highest BCUT2D eigenvalue weighted by atomic mass is 32.2. The number of benzene rings is 1. The van der Waals surface area contributed by atoms with Crippen LogP contribution in [0.4, 0.5) is 0 Å². The summed E-state index contributed by atoms with van der Waals surface area (Å²) in [5.74, 6) is 0.711. The van der Waals surface area contributed by atoms with Gasteiger partial charge in [0.25, 0.3) is 0 Å². The fourth-order valence-corrected chi connectivity index (χ4v) is 2.34. The Morgan fingerprint density at radius 3 is 2.44 bits per heavy atom. The lowest BCUT2D eigenvalue weighted by molar-refractivity contribution is 0.372. The van der Waals surface area contributed by atoms with Crippen molar-refractivity contribution in [1.29, 1.82) is 0 Å². The van der Waals surface area contributed by atoms with E-state index in [-0.39, 0.29) is 17.3 Å². The maximum Gasteiger partial charge on any atom is 0.241 e. The quantitative estimate of drug-likeness (QED) is 0.898. The molecule has 0 fully saturated rings. The minimum Gasteiger partial charge on any atom is -0.338 e. The molecule has 0 aliphatic carbocycles. The van der Waals surface area contributed by atoms with Gasteiger partial charge in [0.15, 0.2) is 5.82 Å². The van der Waals surface area contributed by atoms with Crippen molar-refractivity contribution >= 4 is 10.0 Å². The van der Waals surface area contributed by atoms with E-state index in [0.717, 1.165) is 5.56 Å². The summed E-state index contributed by atoms with van der Waals surface area (Å²) in [6.07, 6.45) is 0. The molecule has 1 N–H and O–H groups in total. The first-order chi connectivity index (χ1) is 8.47. The lowest BCUT2D eigenvalue weighted by Gasteiger charge is -2.04. The highest BCUT2D eigenvalue weighted by molar-refractivity contribution is 7.89. The van der Waals surface area contributed by atoms with E-state index in [9.17, 15) is 8.42 Å². The Morgan fingerprint density at radius 1 is 1.22 bits per heavy atom. The van der Waals surface area contributed by atoms with Crippen LogP contribution in [0, 0.1) is 13.8 Å². The molecule has 0 saturated carbocycles. The number of aryl methyl sites for hydroxylation is 2. The first kappa shape index (κ1) is 12.7. The van der Waals surface area contributed by atoms with E-state index < -0.39 is 10.0 Å². The second kappa shape index (κ2) is 4.87. The minimum atomic E-state index is -3.54. The molecule has 0 unspecified atom stereocenters. The molecule has 1 aromatic carbocycles. The van der Waals surface area contributed by atoms with Crippen molar-refractivity contribution < 1.29 is 12.9 Å². The van der Waals surface area contributed by atoms with Crippen LogP contribution in [-0.4, -0.2) is 18.6 Å². The molecule has 0 aliphatic rings. The van der Waals surface area contributed by atoms with E-state index in [1.807, 2.05) is 6.92 Å². The van der Waals surface area contributed by atoms with Gasteiger partial charge in [-0.3, -0.25) is 0 Å². The number of nitrogens with one attached hydrogen (secondary N) is 1. The maximum absolute atomic E-state index is 11.9. The lowest BCUT2D eigenvalue weighted by atomic mass is 10.2. The SMILES string of the molecule is Cc1ccc(S(=O)(=O)NCc2nc(C)no2)cc1. The number of rotatable bonds is 4. The normalized spacial score (nSPS) is 11.7. The van der Waals surface area contributed by atoms with Crippen LogP contribution in [0.3, 0.4) is 0 Å². The molecule has 0 amide bonds. The molecule has 0 radical (unpaired) electrons. The van der Waals surface area contributed by atoms with Gasteiger partial charge in [0, 0.05) is 0 Å². The monoisotopic (exact) mass is 267 g/mol. The van der Waals surface area contributed by atoms with E-state index in [2.05, 4.69) is 14.9 Å². The van der Waals surface area contributed by atoms with Crippen LogP contribution < -0.4 is 4.72 Å². The molecule has 0 atom stereocenters. The van der Waals surface area contributed by atoms with Crippen LogP contribution in [0.25, 0.3) is 0 Å². The van der Waals surface area contributed by atoms with Gasteiger partial charge in [0.1, 0.15) is 0 Å². The second-order valence-corrected chi connectivity index (χ2v) is 5.64. The van der Waals surface area contributed by atoms with Gasteiger partial charge in [-0.1, -0.05) is 22.9 Å². The highest BCUT2D eigenvalue weighted by Crippen LogP contribution is 2.10. The summed E-state index contributed by atoms with van der Waals surface area (Å²) in [7, 11) is -3.54. The molecular weight excluding hydrogens is 254 g/mol. The smallest absolute Gasteiger partial charge is 0.241 e. The number of aromatic nitrogens is 2. The molecular formula is C11H13N3O3S. The third-order valence-corrected chi connectivity index (χ3v) is 3.73. The number of sulfonamides is 1. The molecule has 1 heterocycles. The van der Waals surface area contributed by atoms with E-state index in [0.29, 0.717) is 5.82 Å². The molecule has 2 rings (SSSR count). The van der Waals surface area contributed by atoms with Crippen LogP contribution >= 0.6 is 0 Å². The van der Waals surface area contributed by atoms with Gasteiger partial charge in [-0.15, -0.1) is 0 Å². The molecule has 0 bridgehead atoms. The Hall–Kier alpha value is -1.73. The fourth-order valence-electron chi connectivity index (χ4n) is 1.37. The van der Waals surface area contributed by atoms with Crippen LogP contribution in [0.2, 0.25) is 0 Å². The van der Waals surface area contributed by atoms with Crippen LogP contribution in [0.1, 0.15) is 17.3 Å². The number of hydrogen-bond donors (Lipinski definition) is 1. The summed E-state index contributed by atoms with van der Waals surface area (Å²) >= 11 is 0. The summed E-state index contributed by atoms with van der Waals surface area (Å²) in [4.78, 5) is 4.13. The van der Waals surface area contributed by atoms with Gasteiger partial charge in [0.2, 0.25) is 15.9 Å². The van der Waals surface area contributed by atoms with Crippen molar-refractivity contribution in [1.82, 2.24) is 14.9 Å². The lowest BCUT2D eigenvalue weighted by Crippen LogP contribution is -2.23. The van der Waals surface area contributed by atoms with Crippen LogP contribution in [0.5, 0.6) is 0 Å². The molecule has 1 aromatic heterocycles. The highest BCUT2D eigenvalue weighted by Gasteiger charge is 2.14. The molecule has 6 nitrogen and oxygen atoms in total. The largest absolute Gasteiger partial charge is 0.338 e. The maximum atomic E-state index is 11.9. The number of nitrogens with zero attached hydrogens (tertiary/aromatic N) is 2. The molecule has 0 aliphatic heterocycles. The first-order valence-electron chi connectivity index (χ1n) is 5.33. The molecule has 96 valence electrons. The first-order valence-corrected chi connectivity index (χ1v) is 6.81. The van der Waals surface area contributed by atoms with E-state index >= 15 is 0 Å². The second-order valence-electron chi connectivity index (χ2n) is 3.87. The van der Waals surface area contributed by atoms with Crippen molar-refractivity contribution in [2.75, 3.05) is 0 Å². The van der Waals surface area contributed by atoms with E-state index in [1.165, 1.54) is 0 Å². The summed E-state index contributed by atoms with van der Waals surface area (Å²) in [6.45, 7) is 3.55. The van der Waals surface area contributed by atoms with Gasteiger partial charge in [-0.05, 0) is 26.0 Å². The fraction of sp³-hybridized carbons (Fsp3) is 0.273. The zero-order valence-corrected chi connectivity index (χ0v) is 10.9. The summed E-state index contributed by atoms with van der Waals surface area (Å²) < 4.78 is 31.1. The Morgan fingerprint density at radius 2 is 1.89 bits per heavy atom. The Kier molecular flexibility index (Phi) is 3.44. The van der Waals surface area contributed by atoms with Gasteiger partial charge < -0.3 is 4.52 Å². The Bertz CT molecular complexity index is 632. The van der Waals surface area contributed by atoms with Crippen LogP contribution in [0.15, 0.2) is 33.7 Å². The third kappa shape index (κ3) is 2.93. The summed E-state index contributed by atoms with van der Waals surface area (Å²) in [5, 5.41) is 3.58. The molecule has 0 saturated heterocycles. The van der Waals surface area contributed by atoms with Gasteiger partial charge in [-0.25, -0.2) is 13.1 Å². The standard InChI is InChI=1S/C11H13N3O3S/c1-8-3-5-10(6-4-8)18(15,16)12-7-11-13-9(2)14-17-11/h3-6,12H,7H2,1-2H3.